The fourth-order valence-electron chi connectivity index (χ4n) is 1.97. The van der Waals surface area contributed by atoms with Gasteiger partial charge in [0, 0.05) is 26.4 Å². The molecule has 0 saturated heterocycles. The fraction of sp³-hybridized carbons (Fsp3) is 0.625. The molecule has 0 bridgehead atoms. The molecule has 0 aliphatic heterocycles. The van der Waals surface area contributed by atoms with Crippen molar-refractivity contribution in [3.63, 3.8) is 0 Å². The summed E-state index contributed by atoms with van der Waals surface area (Å²) in [5.74, 6) is -0.260. The highest BCUT2D eigenvalue weighted by Gasteiger charge is 2.19. The molecule has 0 saturated carbocycles. The van der Waals surface area contributed by atoms with Gasteiger partial charge < -0.3 is 19.9 Å². The summed E-state index contributed by atoms with van der Waals surface area (Å²) in [6.45, 7) is 4.32. The van der Waals surface area contributed by atoms with E-state index in [0.717, 1.165) is 18.4 Å². The Morgan fingerprint density at radius 2 is 1.81 bits per heavy atom. The van der Waals surface area contributed by atoms with Crippen LogP contribution in [0.4, 0.5) is 4.39 Å². The smallest absolute Gasteiger partial charge is 0.123 e. The molecule has 0 aromatic heterocycles. The first-order valence-electron chi connectivity index (χ1n) is 7.38. The van der Waals surface area contributed by atoms with Crippen LogP contribution in [0.1, 0.15) is 31.4 Å². The van der Waals surface area contributed by atoms with E-state index in [0.29, 0.717) is 26.4 Å². The largest absolute Gasteiger partial charge is 0.385 e. The second-order valence-electron chi connectivity index (χ2n) is 4.87. The van der Waals surface area contributed by atoms with Gasteiger partial charge in [-0.25, -0.2) is 4.39 Å². The van der Waals surface area contributed by atoms with Crippen molar-refractivity contribution in [3.05, 3.63) is 35.6 Å². The van der Waals surface area contributed by atoms with Crippen molar-refractivity contribution >= 4 is 0 Å². The molecule has 4 nitrogen and oxygen atoms in total. The summed E-state index contributed by atoms with van der Waals surface area (Å²) in [6, 6.07) is 6.16. The summed E-state index contributed by atoms with van der Waals surface area (Å²) in [6.07, 6.45) is 1.42. The number of hydrogen-bond donors (Lipinski definition) is 1. The average Bonchev–Trinajstić information content (AvgIpc) is 2.50. The molecule has 21 heavy (non-hydrogen) atoms. The molecule has 1 aromatic rings. The van der Waals surface area contributed by atoms with Gasteiger partial charge in [-0.15, -0.1) is 0 Å². The van der Waals surface area contributed by atoms with E-state index in [-0.39, 0.29) is 18.0 Å². The molecule has 0 radical (unpaired) electrons. The molecule has 5 heteroatoms. The molecule has 1 aromatic carbocycles. The predicted molar refractivity (Wildman–Crippen MR) is 80.7 cm³/mol. The summed E-state index contributed by atoms with van der Waals surface area (Å²) in [4.78, 5) is 0. The van der Waals surface area contributed by atoms with Crippen LogP contribution >= 0.6 is 0 Å². The Kier molecular flexibility index (Phi) is 9.17. The van der Waals surface area contributed by atoms with Crippen LogP contribution < -0.4 is 5.73 Å². The van der Waals surface area contributed by atoms with Crippen LogP contribution in [0.25, 0.3) is 0 Å². The SMILES string of the molecule is CCC(N)C(OCCOCCCOC)c1ccc(F)cc1. The molecule has 1 rings (SSSR count). The Labute approximate surface area is 126 Å². The number of rotatable bonds is 11. The molecule has 0 aliphatic carbocycles. The van der Waals surface area contributed by atoms with Crippen molar-refractivity contribution in [2.45, 2.75) is 31.9 Å². The lowest BCUT2D eigenvalue weighted by atomic mass is 10.0. The van der Waals surface area contributed by atoms with Gasteiger partial charge in [-0.1, -0.05) is 19.1 Å². The van der Waals surface area contributed by atoms with Crippen LogP contribution in [0.2, 0.25) is 0 Å². The Hall–Kier alpha value is -1.01. The third kappa shape index (κ3) is 7.00. The molecule has 0 spiro atoms. The zero-order valence-corrected chi connectivity index (χ0v) is 12.9. The maximum atomic E-state index is 13.0. The third-order valence-electron chi connectivity index (χ3n) is 3.22. The zero-order chi connectivity index (χ0) is 15.5. The Morgan fingerprint density at radius 1 is 1.10 bits per heavy atom. The van der Waals surface area contributed by atoms with Crippen LogP contribution in [-0.4, -0.2) is 39.6 Å². The quantitative estimate of drug-likeness (QED) is 0.638. The highest BCUT2D eigenvalue weighted by molar-refractivity contribution is 5.20. The lowest BCUT2D eigenvalue weighted by Gasteiger charge is -2.24. The highest BCUT2D eigenvalue weighted by Crippen LogP contribution is 2.22. The van der Waals surface area contributed by atoms with Gasteiger partial charge in [0.25, 0.3) is 0 Å². The summed E-state index contributed by atoms with van der Waals surface area (Å²) in [5, 5.41) is 0. The first kappa shape index (κ1) is 18.0. The third-order valence-corrected chi connectivity index (χ3v) is 3.22. The van der Waals surface area contributed by atoms with Gasteiger partial charge in [0.1, 0.15) is 5.82 Å². The number of ether oxygens (including phenoxy) is 3. The van der Waals surface area contributed by atoms with Crippen molar-refractivity contribution in [1.82, 2.24) is 0 Å². The van der Waals surface area contributed by atoms with Crippen LogP contribution in [0, 0.1) is 5.82 Å². The number of halogens is 1. The molecule has 2 N–H and O–H groups in total. The number of benzene rings is 1. The Morgan fingerprint density at radius 3 is 2.43 bits per heavy atom. The van der Waals surface area contributed by atoms with Crippen molar-refractivity contribution in [1.29, 1.82) is 0 Å². The van der Waals surface area contributed by atoms with Gasteiger partial charge >= 0.3 is 0 Å². The van der Waals surface area contributed by atoms with E-state index in [4.69, 9.17) is 19.9 Å². The van der Waals surface area contributed by atoms with E-state index < -0.39 is 0 Å². The van der Waals surface area contributed by atoms with Gasteiger partial charge in [0.15, 0.2) is 0 Å². The molecule has 0 aliphatic rings. The zero-order valence-electron chi connectivity index (χ0n) is 12.9. The van der Waals surface area contributed by atoms with Gasteiger partial charge in [-0.2, -0.15) is 0 Å². The molecule has 0 fully saturated rings. The second kappa shape index (κ2) is 10.7. The maximum absolute atomic E-state index is 13.0. The number of hydrogen-bond acceptors (Lipinski definition) is 4. The van der Waals surface area contributed by atoms with E-state index in [1.54, 1.807) is 19.2 Å². The van der Waals surface area contributed by atoms with Gasteiger partial charge in [0.2, 0.25) is 0 Å². The Bertz CT molecular complexity index is 372. The second-order valence-corrected chi connectivity index (χ2v) is 4.87. The monoisotopic (exact) mass is 299 g/mol. The number of methoxy groups -OCH3 is 1. The molecule has 0 heterocycles. The minimum absolute atomic E-state index is 0.121. The number of nitrogens with two attached hydrogens (primary N) is 1. The van der Waals surface area contributed by atoms with Gasteiger partial charge in [-0.3, -0.25) is 0 Å². The van der Waals surface area contributed by atoms with Crippen LogP contribution in [0.5, 0.6) is 0 Å². The van der Waals surface area contributed by atoms with E-state index in [9.17, 15) is 4.39 Å². The van der Waals surface area contributed by atoms with Gasteiger partial charge in [-0.05, 0) is 30.5 Å². The molecule has 2 unspecified atom stereocenters. The van der Waals surface area contributed by atoms with Crippen LogP contribution in [0.15, 0.2) is 24.3 Å². The van der Waals surface area contributed by atoms with Gasteiger partial charge in [0.05, 0.1) is 19.3 Å². The highest BCUT2D eigenvalue weighted by atomic mass is 19.1. The summed E-state index contributed by atoms with van der Waals surface area (Å²) >= 11 is 0. The van der Waals surface area contributed by atoms with E-state index in [1.165, 1.54) is 12.1 Å². The van der Waals surface area contributed by atoms with Crippen LogP contribution in [-0.2, 0) is 14.2 Å². The molecule has 120 valence electrons. The molecule has 2 atom stereocenters. The van der Waals surface area contributed by atoms with Crippen molar-refractivity contribution in [2.24, 2.45) is 5.73 Å². The van der Waals surface area contributed by atoms with Crippen LogP contribution in [0.3, 0.4) is 0 Å². The topological polar surface area (TPSA) is 53.7 Å². The molecular formula is C16H26FNO3. The normalized spacial score (nSPS) is 14.1. The first-order chi connectivity index (χ1) is 10.2. The minimum atomic E-state index is -0.260. The van der Waals surface area contributed by atoms with E-state index >= 15 is 0 Å². The van der Waals surface area contributed by atoms with E-state index in [1.807, 2.05) is 6.92 Å². The fourth-order valence-corrected chi connectivity index (χ4v) is 1.97. The first-order valence-corrected chi connectivity index (χ1v) is 7.38. The standard InChI is InChI=1S/C16H26FNO3/c1-3-15(18)16(13-5-7-14(17)8-6-13)21-12-11-20-10-4-9-19-2/h5-8,15-16H,3-4,9-12,18H2,1-2H3. The van der Waals surface area contributed by atoms with Crippen molar-refractivity contribution in [3.8, 4) is 0 Å². The lowest BCUT2D eigenvalue weighted by molar-refractivity contribution is -0.0104. The summed E-state index contributed by atoms with van der Waals surface area (Å²) in [7, 11) is 1.67. The Balaban J connectivity index is 2.39. The van der Waals surface area contributed by atoms with E-state index in [2.05, 4.69) is 0 Å². The minimum Gasteiger partial charge on any atom is -0.385 e. The van der Waals surface area contributed by atoms with Crippen molar-refractivity contribution < 1.29 is 18.6 Å². The van der Waals surface area contributed by atoms with Crippen molar-refractivity contribution in [2.75, 3.05) is 33.5 Å². The maximum Gasteiger partial charge on any atom is 0.123 e. The summed E-state index contributed by atoms with van der Waals surface area (Å²) < 4.78 is 29.2. The summed E-state index contributed by atoms with van der Waals surface area (Å²) in [5.41, 5.74) is 6.99. The molecule has 0 amide bonds. The predicted octanol–water partition coefficient (Wildman–Crippen LogP) is 2.67. The molecular weight excluding hydrogens is 273 g/mol. The average molecular weight is 299 g/mol. The lowest BCUT2D eigenvalue weighted by Crippen LogP contribution is -2.30.